The Morgan fingerprint density at radius 3 is 1.56 bits per heavy atom. The Labute approximate surface area is 95.8 Å². The van der Waals surface area contributed by atoms with Gasteiger partial charge in [-0.25, -0.2) is 0 Å². The Bertz CT molecular complexity index is 433. The van der Waals surface area contributed by atoms with Crippen molar-refractivity contribution in [1.29, 1.82) is 0 Å². The van der Waals surface area contributed by atoms with Gasteiger partial charge in [0.1, 0.15) is 11.5 Å². The minimum Gasteiger partial charge on any atom is -0.493 e. The van der Waals surface area contributed by atoms with Crippen LogP contribution in [-0.4, -0.2) is 13.2 Å². The van der Waals surface area contributed by atoms with Gasteiger partial charge in [-0.2, -0.15) is 0 Å². The molecule has 0 unspecified atom stereocenters. The molecule has 2 nitrogen and oxygen atoms in total. The zero-order chi connectivity index (χ0) is 11.4. The number of rotatable bonds is 4. The standard InChI is InChI=1S/C14H16O2/c1-3-15-13-9-10-14(16-4-2)12-8-6-5-7-11(12)13/h5-10H,3-4H2,1-2H3. The average Bonchev–Trinajstić information content (AvgIpc) is 2.33. The van der Waals surface area contributed by atoms with Crippen molar-refractivity contribution < 1.29 is 9.47 Å². The molecule has 0 aliphatic rings. The topological polar surface area (TPSA) is 18.5 Å². The van der Waals surface area contributed by atoms with Crippen LogP contribution in [0.25, 0.3) is 10.8 Å². The second kappa shape index (κ2) is 4.88. The molecular formula is C14H16O2. The van der Waals surface area contributed by atoms with Gasteiger partial charge in [-0.3, -0.25) is 0 Å². The monoisotopic (exact) mass is 216 g/mol. The highest BCUT2D eigenvalue weighted by molar-refractivity contribution is 5.93. The summed E-state index contributed by atoms with van der Waals surface area (Å²) in [4.78, 5) is 0. The van der Waals surface area contributed by atoms with Gasteiger partial charge in [-0.05, 0) is 26.0 Å². The van der Waals surface area contributed by atoms with Crippen molar-refractivity contribution in [2.24, 2.45) is 0 Å². The quantitative estimate of drug-likeness (QED) is 0.776. The highest BCUT2D eigenvalue weighted by Crippen LogP contribution is 2.32. The van der Waals surface area contributed by atoms with Gasteiger partial charge in [-0.1, -0.05) is 24.3 Å². The molecule has 2 aromatic carbocycles. The summed E-state index contributed by atoms with van der Waals surface area (Å²) in [5, 5.41) is 2.21. The van der Waals surface area contributed by atoms with Crippen molar-refractivity contribution in [1.82, 2.24) is 0 Å². The lowest BCUT2D eigenvalue weighted by atomic mass is 10.1. The third-order valence-corrected chi connectivity index (χ3v) is 2.44. The number of fused-ring (bicyclic) bond motifs is 1. The van der Waals surface area contributed by atoms with Gasteiger partial charge < -0.3 is 9.47 Å². The zero-order valence-corrected chi connectivity index (χ0v) is 9.69. The Kier molecular flexibility index (Phi) is 3.30. The number of benzene rings is 2. The minimum absolute atomic E-state index is 0.679. The Hall–Kier alpha value is -1.70. The molecule has 0 fully saturated rings. The molecule has 0 bridgehead atoms. The molecule has 0 saturated carbocycles. The maximum absolute atomic E-state index is 5.60. The van der Waals surface area contributed by atoms with Crippen molar-refractivity contribution in [3.63, 3.8) is 0 Å². The first-order chi connectivity index (χ1) is 7.86. The summed E-state index contributed by atoms with van der Waals surface area (Å²) in [6.07, 6.45) is 0. The summed E-state index contributed by atoms with van der Waals surface area (Å²) < 4.78 is 11.2. The fourth-order valence-electron chi connectivity index (χ4n) is 1.81. The molecule has 0 aliphatic carbocycles. The van der Waals surface area contributed by atoms with Gasteiger partial charge >= 0.3 is 0 Å². The van der Waals surface area contributed by atoms with Gasteiger partial charge in [0.05, 0.1) is 13.2 Å². The minimum atomic E-state index is 0.679. The van der Waals surface area contributed by atoms with Crippen LogP contribution in [0, 0.1) is 0 Å². The van der Waals surface area contributed by atoms with Crippen LogP contribution in [0.15, 0.2) is 36.4 Å². The van der Waals surface area contributed by atoms with E-state index in [2.05, 4.69) is 12.1 Å². The van der Waals surface area contributed by atoms with Gasteiger partial charge in [0.25, 0.3) is 0 Å². The average molecular weight is 216 g/mol. The molecule has 0 radical (unpaired) electrons. The molecule has 0 atom stereocenters. The van der Waals surface area contributed by atoms with Crippen LogP contribution in [0.1, 0.15) is 13.8 Å². The number of hydrogen-bond acceptors (Lipinski definition) is 2. The molecule has 0 aliphatic heterocycles. The smallest absolute Gasteiger partial charge is 0.127 e. The fourth-order valence-corrected chi connectivity index (χ4v) is 1.81. The Morgan fingerprint density at radius 2 is 1.19 bits per heavy atom. The van der Waals surface area contributed by atoms with E-state index in [9.17, 15) is 0 Å². The Morgan fingerprint density at radius 1 is 0.750 bits per heavy atom. The normalized spacial score (nSPS) is 10.4. The summed E-state index contributed by atoms with van der Waals surface area (Å²) in [6, 6.07) is 12.1. The van der Waals surface area contributed by atoms with Crippen molar-refractivity contribution in [2.75, 3.05) is 13.2 Å². The van der Waals surface area contributed by atoms with Crippen molar-refractivity contribution in [3.05, 3.63) is 36.4 Å². The Balaban J connectivity index is 2.57. The lowest BCUT2D eigenvalue weighted by Crippen LogP contribution is -1.95. The summed E-state index contributed by atoms with van der Waals surface area (Å²) in [5.74, 6) is 1.84. The van der Waals surface area contributed by atoms with E-state index in [-0.39, 0.29) is 0 Å². The summed E-state index contributed by atoms with van der Waals surface area (Å²) in [7, 11) is 0. The third-order valence-electron chi connectivity index (χ3n) is 2.44. The van der Waals surface area contributed by atoms with E-state index in [4.69, 9.17) is 9.47 Å². The van der Waals surface area contributed by atoms with Crippen LogP contribution < -0.4 is 9.47 Å². The molecule has 16 heavy (non-hydrogen) atoms. The first-order valence-corrected chi connectivity index (χ1v) is 5.64. The van der Waals surface area contributed by atoms with Gasteiger partial charge in [-0.15, -0.1) is 0 Å². The number of ether oxygens (including phenoxy) is 2. The van der Waals surface area contributed by atoms with Crippen LogP contribution in [0.4, 0.5) is 0 Å². The van der Waals surface area contributed by atoms with Crippen molar-refractivity contribution in [2.45, 2.75) is 13.8 Å². The molecule has 0 spiro atoms. The molecule has 0 saturated heterocycles. The molecule has 2 aromatic rings. The lowest BCUT2D eigenvalue weighted by molar-refractivity contribution is 0.336. The summed E-state index contributed by atoms with van der Waals surface area (Å²) in [6.45, 7) is 5.34. The van der Waals surface area contributed by atoms with Crippen molar-refractivity contribution in [3.8, 4) is 11.5 Å². The van der Waals surface area contributed by atoms with Gasteiger partial charge in [0, 0.05) is 10.8 Å². The first-order valence-electron chi connectivity index (χ1n) is 5.64. The van der Waals surface area contributed by atoms with E-state index >= 15 is 0 Å². The third kappa shape index (κ3) is 1.96. The SMILES string of the molecule is CCOc1ccc(OCC)c2ccccc12. The second-order valence-corrected chi connectivity index (χ2v) is 3.47. The van der Waals surface area contributed by atoms with E-state index in [0.29, 0.717) is 13.2 Å². The maximum Gasteiger partial charge on any atom is 0.127 e. The number of hydrogen-bond donors (Lipinski definition) is 0. The summed E-state index contributed by atoms with van der Waals surface area (Å²) >= 11 is 0. The van der Waals surface area contributed by atoms with Gasteiger partial charge in [0.2, 0.25) is 0 Å². The van der Waals surface area contributed by atoms with E-state index in [1.807, 2.05) is 38.1 Å². The van der Waals surface area contributed by atoms with Gasteiger partial charge in [0.15, 0.2) is 0 Å². The van der Waals surface area contributed by atoms with Crippen LogP contribution in [0.3, 0.4) is 0 Å². The molecule has 0 heterocycles. The molecular weight excluding hydrogens is 200 g/mol. The van der Waals surface area contributed by atoms with E-state index < -0.39 is 0 Å². The maximum atomic E-state index is 5.60. The molecule has 0 N–H and O–H groups in total. The van der Waals surface area contributed by atoms with E-state index in [0.717, 1.165) is 22.3 Å². The highest BCUT2D eigenvalue weighted by atomic mass is 16.5. The van der Waals surface area contributed by atoms with E-state index in [1.165, 1.54) is 0 Å². The predicted molar refractivity (Wildman–Crippen MR) is 66.3 cm³/mol. The summed E-state index contributed by atoms with van der Waals surface area (Å²) in [5.41, 5.74) is 0. The van der Waals surface area contributed by atoms with Crippen molar-refractivity contribution >= 4 is 10.8 Å². The fraction of sp³-hybridized carbons (Fsp3) is 0.286. The molecule has 0 amide bonds. The predicted octanol–water partition coefficient (Wildman–Crippen LogP) is 3.64. The largest absolute Gasteiger partial charge is 0.493 e. The first kappa shape index (κ1) is 10.8. The highest BCUT2D eigenvalue weighted by Gasteiger charge is 2.06. The molecule has 0 aromatic heterocycles. The van der Waals surface area contributed by atoms with E-state index in [1.54, 1.807) is 0 Å². The molecule has 2 heteroatoms. The molecule has 84 valence electrons. The lowest BCUT2D eigenvalue weighted by Gasteiger charge is -2.11. The van der Waals surface area contributed by atoms with Crippen LogP contribution in [0.5, 0.6) is 11.5 Å². The van der Waals surface area contributed by atoms with Crippen LogP contribution in [0.2, 0.25) is 0 Å². The molecule has 2 rings (SSSR count). The second-order valence-electron chi connectivity index (χ2n) is 3.47. The zero-order valence-electron chi connectivity index (χ0n) is 9.69. The van der Waals surface area contributed by atoms with Crippen LogP contribution >= 0.6 is 0 Å². The van der Waals surface area contributed by atoms with Crippen LogP contribution in [-0.2, 0) is 0 Å².